The zero-order valence-electron chi connectivity index (χ0n) is 8.70. The van der Waals surface area contributed by atoms with Crippen LogP contribution in [0.1, 0.15) is 13.8 Å². The topological polar surface area (TPSA) is 105 Å². The van der Waals surface area contributed by atoms with Crippen LogP contribution in [-0.2, 0) is 18.6 Å². The number of ether oxygens (including phenoxy) is 2. The van der Waals surface area contributed by atoms with E-state index in [1.165, 1.54) is 0 Å². The summed E-state index contributed by atoms with van der Waals surface area (Å²) in [7, 11) is -4.57. The Kier molecular flexibility index (Phi) is 13.0. The van der Waals surface area contributed by atoms with Crippen LogP contribution in [0.4, 0.5) is 0 Å². The Bertz CT molecular complexity index is 203. The number of aliphatic hydroxyl groups is 1. The minimum atomic E-state index is -4.57. The standard InChI is InChI=1S/C7H17O7P.Ba.2H/c1-3-12-7(13-4-2)6(8)5-14-15(9,10)11;;;/h6-8H,3-5H2,1-2H3,(H2,9,10,11);;;. The van der Waals surface area contributed by atoms with Crippen molar-refractivity contribution in [2.75, 3.05) is 19.8 Å². The molecule has 3 N–H and O–H groups in total. The number of hydrogen-bond donors (Lipinski definition) is 3. The molecule has 0 aliphatic rings. The van der Waals surface area contributed by atoms with Crippen LogP contribution in [0.25, 0.3) is 0 Å². The number of rotatable bonds is 8. The van der Waals surface area contributed by atoms with Crippen molar-refractivity contribution in [3.63, 3.8) is 0 Å². The van der Waals surface area contributed by atoms with Crippen LogP contribution in [0.2, 0.25) is 0 Å². The number of aliphatic hydroxyl groups excluding tert-OH is 1. The normalized spacial score (nSPS) is 13.6. The molecular formula is C7H19BaO7P. The van der Waals surface area contributed by atoms with Gasteiger partial charge in [-0.2, -0.15) is 0 Å². The average Bonchev–Trinajstić information content (AvgIpc) is 2.13. The predicted molar refractivity (Wildman–Crippen MR) is 59.6 cm³/mol. The first-order valence-corrected chi connectivity index (χ1v) is 6.05. The van der Waals surface area contributed by atoms with E-state index in [-0.39, 0.29) is 48.9 Å². The Morgan fingerprint density at radius 2 is 1.62 bits per heavy atom. The Morgan fingerprint density at radius 3 is 1.94 bits per heavy atom. The first kappa shape index (κ1) is 19.9. The van der Waals surface area contributed by atoms with Crippen LogP contribution in [0.5, 0.6) is 0 Å². The second kappa shape index (κ2) is 10.5. The van der Waals surface area contributed by atoms with Gasteiger partial charge in [0.15, 0.2) is 6.29 Å². The van der Waals surface area contributed by atoms with Gasteiger partial charge in [0, 0.05) is 13.2 Å². The fourth-order valence-corrected chi connectivity index (χ4v) is 1.20. The number of hydrogen-bond acceptors (Lipinski definition) is 5. The molecule has 16 heavy (non-hydrogen) atoms. The molecule has 96 valence electrons. The third-order valence-corrected chi connectivity index (χ3v) is 1.87. The fraction of sp³-hybridized carbons (Fsp3) is 1.00. The van der Waals surface area contributed by atoms with Gasteiger partial charge in [0.05, 0.1) is 6.61 Å². The molecule has 9 heteroatoms. The summed E-state index contributed by atoms with van der Waals surface area (Å²) in [6.07, 6.45) is -2.18. The molecule has 0 amide bonds. The molecule has 0 aromatic carbocycles. The van der Waals surface area contributed by atoms with Crippen LogP contribution in [0.15, 0.2) is 0 Å². The molecule has 0 aliphatic carbocycles. The molecule has 0 radical (unpaired) electrons. The zero-order valence-corrected chi connectivity index (χ0v) is 9.59. The molecule has 0 rings (SSSR count). The van der Waals surface area contributed by atoms with Crippen molar-refractivity contribution in [3.8, 4) is 0 Å². The first-order chi connectivity index (χ1) is 6.90. The van der Waals surface area contributed by atoms with Crippen molar-refractivity contribution >= 4 is 56.7 Å². The Morgan fingerprint density at radius 1 is 1.19 bits per heavy atom. The van der Waals surface area contributed by atoms with Gasteiger partial charge in [-0.25, -0.2) is 4.57 Å². The van der Waals surface area contributed by atoms with Crippen molar-refractivity contribution in [1.82, 2.24) is 0 Å². The van der Waals surface area contributed by atoms with Crippen molar-refractivity contribution in [2.45, 2.75) is 26.2 Å². The van der Waals surface area contributed by atoms with Crippen molar-refractivity contribution < 1.29 is 33.5 Å². The van der Waals surface area contributed by atoms with Gasteiger partial charge in [-0.1, -0.05) is 0 Å². The van der Waals surface area contributed by atoms with Crippen LogP contribution >= 0.6 is 7.82 Å². The molecule has 0 heterocycles. The Labute approximate surface area is 135 Å². The summed E-state index contributed by atoms with van der Waals surface area (Å²) < 4.78 is 24.5. The molecule has 0 aromatic heterocycles. The quantitative estimate of drug-likeness (QED) is 0.279. The molecule has 0 aliphatic heterocycles. The summed E-state index contributed by atoms with van der Waals surface area (Å²) in [4.78, 5) is 16.8. The summed E-state index contributed by atoms with van der Waals surface area (Å²) in [6, 6.07) is 0. The summed E-state index contributed by atoms with van der Waals surface area (Å²) in [5.41, 5.74) is 0. The van der Waals surface area contributed by atoms with Crippen LogP contribution in [-0.4, -0.2) is 96.0 Å². The minimum absolute atomic E-state index is 0. The predicted octanol–water partition coefficient (Wildman–Crippen LogP) is -1.06. The van der Waals surface area contributed by atoms with Crippen molar-refractivity contribution in [1.29, 1.82) is 0 Å². The van der Waals surface area contributed by atoms with Gasteiger partial charge in [-0.05, 0) is 13.8 Å². The average molecular weight is 384 g/mol. The maximum atomic E-state index is 10.4. The zero-order chi connectivity index (χ0) is 11.9. The van der Waals surface area contributed by atoms with E-state index in [4.69, 9.17) is 19.3 Å². The summed E-state index contributed by atoms with van der Waals surface area (Å²) in [5.74, 6) is 0. The third-order valence-electron chi connectivity index (χ3n) is 1.39. The second-order valence-electron chi connectivity index (χ2n) is 2.63. The summed E-state index contributed by atoms with van der Waals surface area (Å²) in [5, 5.41) is 9.42. The molecule has 0 bridgehead atoms. The molecular weight excluding hydrogens is 364 g/mol. The van der Waals surface area contributed by atoms with Crippen molar-refractivity contribution in [2.24, 2.45) is 0 Å². The number of phosphoric acid groups is 1. The Balaban J connectivity index is 0. The molecule has 1 atom stereocenters. The van der Waals surface area contributed by atoms with Gasteiger partial charge in [-0.15, -0.1) is 0 Å². The van der Waals surface area contributed by atoms with E-state index < -0.39 is 26.8 Å². The van der Waals surface area contributed by atoms with Gasteiger partial charge >= 0.3 is 56.7 Å². The van der Waals surface area contributed by atoms with Crippen LogP contribution < -0.4 is 0 Å². The Hall–Kier alpha value is 1.56. The SMILES string of the molecule is CCOC(OCC)C(O)COP(=O)(O)O.[BaH2]. The summed E-state index contributed by atoms with van der Waals surface area (Å²) in [6.45, 7) is 3.51. The second-order valence-corrected chi connectivity index (χ2v) is 3.87. The van der Waals surface area contributed by atoms with Gasteiger partial charge < -0.3 is 24.4 Å². The molecule has 0 fully saturated rings. The molecule has 1 unspecified atom stereocenters. The van der Waals surface area contributed by atoms with Gasteiger partial charge in [-0.3, -0.25) is 4.52 Å². The first-order valence-electron chi connectivity index (χ1n) is 4.52. The molecule has 0 spiro atoms. The van der Waals surface area contributed by atoms with E-state index in [2.05, 4.69) is 4.52 Å². The van der Waals surface area contributed by atoms with E-state index in [1.807, 2.05) is 0 Å². The monoisotopic (exact) mass is 384 g/mol. The van der Waals surface area contributed by atoms with Crippen molar-refractivity contribution in [3.05, 3.63) is 0 Å². The van der Waals surface area contributed by atoms with E-state index in [9.17, 15) is 9.67 Å². The van der Waals surface area contributed by atoms with Crippen LogP contribution in [0.3, 0.4) is 0 Å². The van der Waals surface area contributed by atoms with Crippen LogP contribution in [0, 0.1) is 0 Å². The number of phosphoric ester groups is 1. The van der Waals surface area contributed by atoms with Gasteiger partial charge in [0.25, 0.3) is 0 Å². The van der Waals surface area contributed by atoms with E-state index in [1.54, 1.807) is 13.8 Å². The maximum absolute atomic E-state index is 10.4. The van der Waals surface area contributed by atoms with E-state index in [0.29, 0.717) is 13.2 Å². The molecule has 0 aromatic rings. The van der Waals surface area contributed by atoms with Gasteiger partial charge in [0.2, 0.25) is 0 Å². The third kappa shape index (κ3) is 10.7. The molecule has 0 saturated heterocycles. The fourth-order valence-electron chi connectivity index (χ4n) is 0.851. The van der Waals surface area contributed by atoms with E-state index >= 15 is 0 Å². The summed E-state index contributed by atoms with van der Waals surface area (Å²) >= 11 is 0. The molecule has 7 nitrogen and oxygen atoms in total. The van der Waals surface area contributed by atoms with Gasteiger partial charge in [0.1, 0.15) is 6.10 Å². The molecule has 0 saturated carbocycles. The van der Waals surface area contributed by atoms with E-state index in [0.717, 1.165) is 0 Å².